The molecule has 3 heteroatoms. The van der Waals surface area contributed by atoms with Gasteiger partial charge in [0, 0.05) is 4.90 Å². The van der Waals surface area contributed by atoms with Gasteiger partial charge in [0.05, 0.1) is 10.7 Å². The molecule has 15 heavy (non-hydrogen) atoms. The van der Waals surface area contributed by atoms with E-state index in [0.29, 0.717) is 6.54 Å². The maximum absolute atomic E-state index is 5.34. The Morgan fingerprint density at radius 3 is 3.00 bits per heavy atom. The van der Waals surface area contributed by atoms with Crippen LogP contribution in [0.4, 0.5) is 5.69 Å². The molecule has 0 bridgehead atoms. The Morgan fingerprint density at radius 1 is 1.47 bits per heavy atom. The Labute approximate surface area is 94.4 Å². The standard InChI is InChI=1S/C12H12N2S/c1-3-9-14-10-7-5-6-8-11(10)15-12(4-2)13-14/h1,5-8H,4,9H2,2H3. The van der Waals surface area contributed by atoms with Crippen LogP contribution in [-0.2, 0) is 0 Å². The van der Waals surface area contributed by atoms with Gasteiger partial charge in [-0.05, 0) is 18.6 Å². The third-order valence-corrected chi connectivity index (χ3v) is 3.32. The lowest BCUT2D eigenvalue weighted by Crippen LogP contribution is -2.21. The van der Waals surface area contributed by atoms with Crippen molar-refractivity contribution >= 4 is 22.5 Å². The number of terminal acetylenes is 1. The molecule has 0 saturated heterocycles. The smallest absolute Gasteiger partial charge is 0.102 e. The molecule has 0 amide bonds. The van der Waals surface area contributed by atoms with Gasteiger partial charge in [0.1, 0.15) is 6.54 Å². The van der Waals surface area contributed by atoms with E-state index in [9.17, 15) is 0 Å². The largest absolute Gasteiger partial charge is 0.252 e. The molecule has 1 aromatic rings. The van der Waals surface area contributed by atoms with Crippen molar-refractivity contribution in [3.8, 4) is 12.3 Å². The van der Waals surface area contributed by atoms with Crippen LogP contribution in [0.5, 0.6) is 0 Å². The van der Waals surface area contributed by atoms with E-state index in [-0.39, 0.29) is 0 Å². The zero-order valence-electron chi connectivity index (χ0n) is 8.60. The lowest BCUT2D eigenvalue weighted by molar-refractivity contribution is 0.930. The fourth-order valence-electron chi connectivity index (χ4n) is 1.44. The van der Waals surface area contributed by atoms with Crippen LogP contribution in [0.1, 0.15) is 13.3 Å². The van der Waals surface area contributed by atoms with Crippen LogP contribution in [-0.4, -0.2) is 11.6 Å². The number of anilines is 1. The first-order chi connectivity index (χ1) is 7.35. The fourth-order valence-corrected chi connectivity index (χ4v) is 2.40. The summed E-state index contributed by atoms with van der Waals surface area (Å²) in [5, 5.41) is 7.51. The Kier molecular flexibility index (Phi) is 2.98. The van der Waals surface area contributed by atoms with Gasteiger partial charge in [0.15, 0.2) is 0 Å². The number of fused-ring (bicyclic) bond motifs is 1. The topological polar surface area (TPSA) is 15.6 Å². The van der Waals surface area contributed by atoms with Crippen molar-refractivity contribution < 1.29 is 0 Å². The Morgan fingerprint density at radius 2 is 2.27 bits per heavy atom. The quantitative estimate of drug-likeness (QED) is 0.706. The second-order valence-electron chi connectivity index (χ2n) is 3.18. The maximum Gasteiger partial charge on any atom is 0.102 e. The zero-order chi connectivity index (χ0) is 10.7. The van der Waals surface area contributed by atoms with Crippen LogP contribution >= 0.6 is 11.8 Å². The van der Waals surface area contributed by atoms with Crippen LogP contribution in [0, 0.1) is 12.3 Å². The third-order valence-electron chi connectivity index (χ3n) is 2.15. The summed E-state index contributed by atoms with van der Waals surface area (Å²) < 4.78 is 0. The number of thioether (sulfide) groups is 1. The molecule has 0 aliphatic carbocycles. The molecule has 0 aromatic heterocycles. The van der Waals surface area contributed by atoms with Crippen molar-refractivity contribution in [3.05, 3.63) is 24.3 Å². The summed E-state index contributed by atoms with van der Waals surface area (Å²) in [6, 6.07) is 8.21. The second kappa shape index (κ2) is 4.41. The lowest BCUT2D eigenvalue weighted by Gasteiger charge is -2.25. The van der Waals surface area contributed by atoms with E-state index in [1.807, 2.05) is 17.1 Å². The number of hydrogen-bond donors (Lipinski definition) is 0. The van der Waals surface area contributed by atoms with Crippen LogP contribution in [0.3, 0.4) is 0 Å². The lowest BCUT2D eigenvalue weighted by atomic mass is 10.3. The van der Waals surface area contributed by atoms with E-state index in [1.165, 1.54) is 4.90 Å². The van der Waals surface area contributed by atoms with Gasteiger partial charge in [-0.15, -0.1) is 6.42 Å². The molecular weight excluding hydrogens is 204 g/mol. The minimum Gasteiger partial charge on any atom is -0.252 e. The van der Waals surface area contributed by atoms with Crippen LogP contribution < -0.4 is 5.01 Å². The average Bonchev–Trinajstić information content (AvgIpc) is 2.29. The van der Waals surface area contributed by atoms with Gasteiger partial charge in [-0.1, -0.05) is 36.7 Å². The van der Waals surface area contributed by atoms with Crippen molar-refractivity contribution in [1.82, 2.24) is 0 Å². The van der Waals surface area contributed by atoms with Crippen LogP contribution in [0.15, 0.2) is 34.3 Å². The molecule has 2 rings (SSSR count). The van der Waals surface area contributed by atoms with Crippen LogP contribution in [0.2, 0.25) is 0 Å². The summed E-state index contributed by atoms with van der Waals surface area (Å²) in [5.74, 6) is 2.63. The van der Waals surface area contributed by atoms with Gasteiger partial charge >= 0.3 is 0 Å². The molecule has 0 unspecified atom stereocenters. The summed E-state index contributed by atoms with van der Waals surface area (Å²) in [6.45, 7) is 2.63. The Bertz CT molecular complexity index is 431. The summed E-state index contributed by atoms with van der Waals surface area (Å²) in [6.07, 6.45) is 6.28. The predicted molar refractivity (Wildman–Crippen MR) is 66.2 cm³/mol. The molecule has 1 heterocycles. The first kappa shape index (κ1) is 10.1. The number of rotatable bonds is 2. The van der Waals surface area contributed by atoms with E-state index < -0.39 is 0 Å². The summed E-state index contributed by atoms with van der Waals surface area (Å²) in [4.78, 5) is 1.24. The average molecular weight is 216 g/mol. The van der Waals surface area contributed by atoms with E-state index in [0.717, 1.165) is 17.2 Å². The molecule has 0 saturated carbocycles. The molecule has 0 radical (unpaired) electrons. The molecule has 0 spiro atoms. The van der Waals surface area contributed by atoms with Gasteiger partial charge < -0.3 is 0 Å². The normalized spacial score (nSPS) is 14.1. The van der Waals surface area contributed by atoms with E-state index in [4.69, 9.17) is 6.42 Å². The molecule has 0 fully saturated rings. The predicted octanol–water partition coefficient (Wildman–Crippen LogP) is 2.96. The van der Waals surface area contributed by atoms with Gasteiger partial charge in [-0.3, -0.25) is 5.01 Å². The van der Waals surface area contributed by atoms with Crippen molar-refractivity contribution in [2.75, 3.05) is 11.6 Å². The highest BCUT2D eigenvalue weighted by Crippen LogP contribution is 2.35. The molecule has 1 aliphatic heterocycles. The van der Waals surface area contributed by atoms with Gasteiger partial charge in [-0.2, -0.15) is 5.10 Å². The highest BCUT2D eigenvalue weighted by Gasteiger charge is 2.17. The highest BCUT2D eigenvalue weighted by atomic mass is 32.2. The fraction of sp³-hybridized carbons (Fsp3) is 0.250. The number of benzene rings is 1. The first-order valence-corrected chi connectivity index (χ1v) is 5.72. The van der Waals surface area contributed by atoms with Gasteiger partial charge in [0.25, 0.3) is 0 Å². The number of nitrogens with zero attached hydrogens (tertiary/aromatic N) is 2. The zero-order valence-corrected chi connectivity index (χ0v) is 9.42. The summed E-state index contributed by atoms with van der Waals surface area (Å²) in [5.41, 5.74) is 1.11. The molecule has 0 atom stereocenters. The third kappa shape index (κ3) is 2.00. The van der Waals surface area contributed by atoms with E-state index >= 15 is 0 Å². The summed E-state index contributed by atoms with van der Waals surface area (Å²) in [7, 11) is 0. The van der Waals surface area contributed by atoms with Crippen molar-refractivity contribution in [2.24, 2.45) is 5.10 Å². The van der Waals surface area contributed by atoms with Gasteiger partial charge in [0.2, 0.25) is 0 Å². The Hall–Kier alpha value is -1.40. The van der Waals surface area contributed by atoms with Gasteiger partial charge in [-0.25, -0.2) is 0 Å². The Balaban J connectivity index is 2.38. The molecule has 76 valence electrons. The minimum atomic E-state index is 0.529. The molecular formula is C12H12N2S. The molecule has 1 aromatic carbocycles. The highest BCUT2D eigenvalue weighted by molar-refractivity contribution is 8.14. The molecule has 1 aliphatic rings. The molecule has 2 nitrogen and oxygen atoms in total. The van der Waals surface area contributed by atoms with E-state index in [1.54, 1.807) is 11.8 Å². The summed E-state index contributed by atoms with van der Waals surface area (Å²) >= 11 is 1.73. The number of hydrogen-bond acceptors (Lipinski definition) is 3. The number of hydrazone groups is 1. The monoisotopic (exact) mass is 216 g/mol. The van der Waals surface area contributed by atoms with Crippen molar-refractivity contribution in [1.29, 1.82) is 0 Å². The van der Waals surface area contributed by atoms with Crippen LogP contribution in [0.25, 0.3) is 0 Å². The maximum atomic E-state index is 5.34. The van der Waals surface area contributed by atoms with Crippen molar-refractivity contribution in [2.45, 2.75) is 18.2 Å². The van der Waals surface area contributed by atoms with Crippen molar-refractivity contribution in [3.63, 3.8) is 0 Å². The molecule has 0 N–H and O–H groups in total. The minimum absolute atomic E-state index is 0.529. The van der Waals surface area contributed by atoms with E-state index in [2.05, 4.69) is 30.1 Å². The first-order valence-electron chi connectivity index (χ1n) is 4.90. The SMILES string of the molecule is C#CCN1N=C(CC)Sc2ccccc21. The number of para-hydroxylation sites is 1. The second-order valence-corrected chi connectivity index (χ2v) is 4.29.